The number of piperidine rings is 1. The molecule has 0 aromatic heterocycles. The second kappa shape index (κ2) is 4.60. The van der Waals surface area contributed by atoms with Crippen LogP contribution in [0.4, 0.5) is 0 Å². The molecule has 82 valence electrons. The van der Waals surface area contributed by atoms with Crippen molar-refractivity contribution in [3.63, 3.8) is 0 Å². The van der Waals surface area contributed by atoms with E-state index >= 15 is 0 Å². The van der Waals surface area contributed by atoms with E-state index in [0.717, 1.165) is 32.5 Å². The van der Waals surface area contributed by atoms with E-state index in [1.165, 1.54) is 32.1 Å². The van der Waals surface area contributed by atoms with Gasteiger partial charge in [0.1, 0.15) is 0 Å². The Bertz CT molecular complexity index is 172. The maximum absolute atomic E-state index is 10.1. The third-order valence-electron chi connectivity index (χ3n) is 3.52. The first-order valence-electron chi connectivity index (χ1n) is 5.99. The van der Waals surface area contributed by atoms with Crippen LogP contribution in [0.3, 0.4) is 0 Å². The standard InChI is InChI=1S/C11H22N2O/c14-11(6-2-3-7-11)10-12-13-8-4-1-5-9-13/h12,14H,1-10H2. The van der Waals surface area contributed by atoms with Crippen molar-refractivity contribution in [3.8, 4) is 0 Å². The maximum atomic E-state index is 10.1. The van der Waals surface area contributed by atoms with Crippen LogP contribution in [0, 0.1) is 0 Å². The third kappa shape index (κ3) is 2.69. The molecule has 1 heterocycles. The van der Waals surface area contributed by atoms with Crippen LogP contribution in [-0.4, -0.2) is 35.4 Å². The van der Waals surface area contributed by atoms with E-state index in [1.807, 2.05) is 0 Å². The van der Waals surface area contributed by atoms with E-state index in [2.05, 4.69) is 10.4 Å². The highest BCUT2D eigenvalue weighted by molar-refractivity contribution is 4.85. The molecule has 0 amide bonds. The fourth-order valence-corrected chi connectivity index (χ4v) is 2.52. The highest BCUT2D eigenvalue weighted by atomic mass is 16.3. The van der Waals surface area contributed by atoms with Crippen LogP contribution in [0.25, 0.3) is 0 Å². The van der Waals surface area contributed by atoms with Gasteiger partial charge in [-0.15, -0.1) is 0 Å². The molecular weight excluding hydrogens is 176 g/mol. The molecule has 0 radical (unpaired) electrons. The summed E-state index contributed by atoms with van der Waals surface area (Å²) in [5.74, 6) is 0. The molecule has 1 aliphatic heterocycles. The van der Waals surface area contributed by atoms with E-state index in [0.29, 0.717) is 0 Å². The lowest BCUT2D eigenvalue weighted by Crippen LogP contribution is -2.48. The van der Waals surface area contributed by atoms with Gasteiger partial charge < -0.3 is 5.11 Å². The normalized spacial score (nSPS) is 28.1. The van der Waals surface area contributed by atoms with Crippen molar-refractivity contribution in [2.45, 2.75) is 50.5 Å². The van der Waals surface area contributed by atoms with Crippen molar-refractivity contribution in [2.75, 3.05) is 19.6 Å². The minimum Gasteiger partial charge on any atom is -0.389 e. The van der Waals surface area contributed by atoms with E-state index < -0.39 is 5.60 Å². The molecule has 14 heavy (non-hydrogen) atoms. The first-order chi connectivity index (χ1) is 6.79. The summed E-state index contributed by atoms with van der Waals surface area (Å²) in [6.07, 6.45) is 8.30. The molecule has 1 saturated carbocycles. The first-order valence-corrected chi connectivity index (χ1v) is 5.99. The molecule has 1 aliphatic carbocycles. The van der Waals surface area contributed by atoms with Crippen molar-refractivity contribution in [2.24, 2.45) is 0 Å². The zero-order chi connectivity index (χ0) is 9.86. The minimum atomic E-state index is -0.405. The molecule has 3 heteroatoms. The van der Waals surface area contributed by atoms with Gasteiger partial charge in [-0.1, -0.05) is 19.3 Å². The van der Waals surface area contributed by atoms with E-state index in [9.17, 15) is 5.11 Å². The molecule has 0 spiro atoms. The Morgan fingerprint density at radius 2 is 1.64 bits per heavy atom. The predicted molar refractivity (Wildman–Crippen MR) is 56.8 cm³/mol. The Kier molecular flexibility index (Phi) is 3.42. The quantitative estimate of drug-likeness (QED) is 0.717. The van der Waals surface area contributed by atoms with Gasteiger partial charge in [0.15, 0.2) is 0 Å². The average molecular weight is 198 g/mol. The summed E-state index contributed by atoms with van der Waals surface area (Å²) >= 11 is 0. The van der Waals surface area contributed by atoms with Crippen LogP contribution in [-0.2, 0) is 0 Å². The van der Waals surface area contributed by atoms with Crippen molar-refractivity contribution >= 4 is 0 Å². The monoisotopic (exact) mass is 198 g/mol. The van der Waals surface area contributed by atoms with E-state index in [4.69, 9.17) is 0 Å². The molecule has 1 saturated heterocycles. The lowest BCUT2D eigenvalue weighted by molar-refractivity contribution is 0.0178. The van der Waals surface area contributed by atoms with Gasteiger partial charge in [-0.3, -0.25) is 5.43 Å². The van der Waals surface area contributed by atoms with Crippen LogP contribution < -0.4 is 5.43 Å². The summed E-state index contributed by atoms with van der Waals surface area (Å²) in [7, 11) is 0. The Hall–Kier alpha value is -0.120. The third-order valence-corrected chi connectivity index (χ3v) is 3.52. The number of rotatable bonds is 3. The lowest BCUT2D eigenvalue weighted by atomic mass is 10.0. The molecule has 2 aliphatic rings. The maximum Gasteiger partial charge on any atom is 0.0785 e. The first kappa shape index (κ1) is 10.4. The van der Waals surface area contributed by atoms with Gasteiger partial charge in [-0.2, -0.15) is 0 Å². The van der Waals surface area contributed by atoms with Crippen molar-refractivity contribution in [1.82, 2.24) is 10.4 Å². The fourth-order valence-electron chi connectivity index (χ4n) is 2.52. The molecule has 0 aromatic carbocycles. The average Bonchev–Trinajstić information content (AvgIpc) is 2.65. The Morgan fingerprint density at radius 3 is 2.29 bits per heavy atom. The summed E-state index contributed by atoms with van der Waals surface area (Å²) < 4.78 is 0. The summed E-state index contributed by atoms with van der Waals surface area (Å²) in [4.78, 5) is 0. The van der Waals surface area contributed by atoms with Crippen LogP contribution >= 0.6 is 0 Å². The summed E-state index contributed by atoms with van der Waals surface area (Å²) in [6, 6.07) is 0. The van der Waals surface area contributed by atoms with Crippen molar-refractivity contribution in [1.29, 1.82) is 0 Å². The Balaban J connectivity index is 1.70. The topological polar surface area (TPSA) is 35.5 Å². The second-order valence-corrected chi connectivity index (χ2v) is 4.81. The molecule has 0 atom stereocenters. The number of hydrogen-bond acceptors (Lipinski definition) is 3. The highest BCUT2D eigenvalue weighted by Gasteiger charge is 2.31. The highest BCUT2D eigenvalue weighted by Crippen LogP contribution is 2.28. The smallest absolute Gasteiger partial charge is 0.0785 e. The molecule has 0 aromatic rings. The molecule has 2 rings (SSSR count). The molecular formula is C11H22N2O. The van der Waals surface area contributed by atoms with Gasteiger partial charge in [0, 0.05) is 19.6 Å². The second-order valence-electron chi connectivity index (χ2n) is 4.81. The zero-order valence-electron chi connectivity index (χ0n) is 8.97. The molecule has 0 bridgehead atoms. The molecule has 2 N–H and O–H groups in total. The summed E-state index contributed by atoms with van der Waals surface area (Å²) in [6.45, 7) is 3.05. The minimum absolute atomic E-state index is 0.405. The molecule has 3 nitrogen and oxygen atoms in total. The van der Waals surface area contributed by atoms with Gasteiger partial charge in [-0.25, -0.2) is 5.01 Å². The van der Waals surface area contributed by atoms with Gasteiger partial charge in [0.25, 0.3) is 0 Å². The van der Waals surface area contributed by atoms with Crippen LogP contribution in [0.5, 0.6) is 0 Å². The van der Waals surface area contributed by atoms with Gasteiger partial charge >= 0.3 is 0 Å². The summed E-state index contributed by atoms with van der Waals surface area (Å²) in [5, 5.41) is 12.4. The number of hydrazine groups is 1. The number of nitrogens with one attached hydrogen (secondary N) is 1. The number of nitrogens with zero attached hydrogens (tertiary/aromatic N) is 1. The predicted octanol–water partition coefficient (Wildman–Crippen LogP) is 1.28. The largest absolute Gasteiger partial charge is 0.389 e. The van der Waals surface area contributed by atoms with Crippen LogP contribution in [0.2, 0.25) is 0 Å². The zero-order valence-corrected chi connectivity index (χ0v) is 8.97. The van der Waals surface area contributed by atoms with Crippen LogP contribution in [0.1, 0.15) is 44.9 Å². The Labute approximate surface area is 86.5 Å². The van der Waals surface area contributed by atoms with Gasteiger partial charge in [0.05, 0.1) is 5.60 Å². The lowest BCUT2D eigenvalue weighted by Gasteiger charge is -2.31. The van der Waals surface area contributed by atoms with Crippen molar-refractivity contribution < 1.29 is 5.11 Å². The molecule has 2 fully saturated rings. The molecule has 0 unspecified atom stereocenters. The summed E-state index contributed by atoms with van der Waals surface area (Å²) in [5.41, 5.74) is 2.98. The van der Waals surface area contributed by atoms with Gasteiger partial charge in [-0.05, 0) is 25.7 Å². The van der Waals surface area contributed by atoms with E-state index in [1.54, 1.807) is 0 Å². The van der Waals surface area contributed by atoms with E-state index in [-0.39, 0.29) is 0 Å². The number of aliphatic hydroxyl groups is 1. The van der Waals surface area contributed by atoms with Gasteiger partial charge in [0.2, 0.25) is 0 Å². The number of hydrogen-bond donors (Lipinski definition) is 2. The Morgan fingerprint density at radius 1 is 1.00 bits per heavy atom. The van der Waals surface area contributed by atoms with Crippen LogP contribution in [0.15, 0.2) is 0 Å². The van der Waals surface area contributed by atoms with Crippen molar-refractivity contribution in [3.05, 3.63) is 0 Å². The SMILES string of the molecule is OC1(CNN2CCCCC2)CCCC1. The fraction of sp³-hybridized carbons (Fsp3) is 1.00.